The Morgan fingerprint density at radius 2 is 2.05 bits per heavy atom. The molecule has 0 fully saturated rings. The molecule has 3 nitrogen and oxygen atoms in total. The molecule has 2 aromatic rings. The number of carbonyl (C=O) groups excluding carboxylic acids is 1. The van der Waals surface area contributed by atoms with Gasteiger partial charge < -0.3 is 10.6 Å². The normalized spacial score (nSPS) is 10.8. The zero-order valence-corrected chi connectivity index (χ0v) is 11.6. The predicted molar refractivity (Wildman–Crippen MR) is 80.7 cm³/mol. The van der Waals surface area contributed by atoms with Crippen LogP contribution in [0.1, 0.15) is 11.1 Å². The molecule has 0 saturated heterocycles. The Morgan fingerprint density at radius 1 is 1.32 bits per heavy atom. The summed E-state index contributed by atoms with van der Waals surface area (Å²) in [5.74, 6) is -0.0111. The number of rotatable bonds is 4. The third-order valence-electron chi connectivity index (χ3n) is 2.73. The summed E-state index contributed by atoms with van der Waals surface area (Å²) in [6.07, 6.45) is 3.38. The van der Waals surface area contributed by atoms with Crippen molar-refractivity contribution in [3.8, 4) is 0 Å². The lowest BCUT2D eigenvalue weighted by Gasteiger charge is -2.13. The number of hydrogen-bond acceptors (Lipinski definition) is 3. The lowest BCUT2D eigenvalue weighted by Crippen LogP contribution is -2.23. The maximum Gasteiger partial charge on any atom is 0.246 e. The molecule has 4 heteroatoms. The van der Waals surface area contributed by atoms with Gasteiger partial charge in [-0.3, -0.25) is 4.79 Å². The molecule has 0 aliphatic carbocycles. The van der Waals surface area contributed by atoms with Gasteiger partial charge in [0.25, 0.3) is 0 Å². The molecule has 98 valence electrons. The Kier molecular flexibility index (Phi) is 4.36. The molecule has 1 aromatic heterocycles. The quantitative estimate of drug-likeness (QED) is 0.687. The first-order chi connectivity index (χ1) is 9.15. The van der Waals surface area contributed by atoms with E-state index in [-0.39, 0.29) is 5.91 Å². The second kappa shape index (κ2) is 6.20. The van der Waals surface area contributed by atoms with Gasteiger partial charge in [-0.05, 0) is 46.2 Å². The topological polar surface area (TPSA) is 46.3 Å². The van der Waals surface area contributed by atoms with Crippen LogP contribution in [0, 0.1) is 0 Å². The van der Waals surface area contributed by atoms with Crippen molar-refractivity contribution in [1.29, 1.82) is 0 Å². The summed E-state index contributed by atoms with van der Waals surface area (Å²) in [5.41, 5.74) is 8.45. The molecule has 0 spiro atoms. The van der Waals surface area contributed by atoms with Crippen molar-refractivity contribution in [3.05, 3.63) is 58.3 Å². The minimum Gasteiger partial charge on any atom is -0.399 e. The van der Waals surface area contributed by atoms with Gasteiger partial charge in [-0.15, -0.1) is 0 Å². The van der Waals surface area contributed by atoms with Gasteiger partial charge >= 0.3 is 0 Å². The Bertz CT molecular complexity index is 558. The van der Waals surface area contributed by atoms with E-state index in [2.05, 4.69) is 0 Å². The summed E-state index contributed by atoms with van der Waals surface area (Å²) in [5, 5.41) is 4.06. The second-order valence-corrected chi connectivity index (χ2v) is 5.11. The molecular formula is C15H16N2OS. The largest absolute Gasteiger partial charge is 0.399 e. The van der Waals surface area contributed by atoms with E-state index in [0.717, 1.165) is 16.8 Å². The molecule has 2 rings (SSSR count). The van der Waals surface area contributed by atoms with E-state index < -0.39 is 0 Å². The van der Waals surface area contributed by atoms with E-state index in [1.54, 1.807) is 35.4 Å². The van der Waals surface area contributed by atoms with Gasteiger partial charge in [0.2, 0.25) is 5.91 Å². The fourth-order valence-corrected chi connectivity index (χ4v) is 2.30. The van der Waals surface area contributed by atoms with Crippen molar-refractivity contribution < 1.29 is 4.79 Å². The molecule has 2 N–H and O–H groups in total. The highest BCUT2D eigenvalue weighted by Gasteiger charge is 2.05. The number of nitrogens with zero attached hydrogens (tertiary/aromatic N) is 1. The smallest absolute Gasteiger partial charge is 0.246 e. The first kappa shape index (κ1) is 13.4. The third-order valence-corrected chi connectivity index (χ3v) is 3.46. The minimum absolute atomic E-state index is 0.0111. The fourth-order valence-electron chi connectivity index (χ4n) is 1.64. The van der Waals surface area contributed by atoms with E-state index in [9.17, 15) is 4.79 Å². The number of thiophene rings is 1. The van der Waals surface area contributed by atoms with Crippen LogP contribution in [0.4, 0.5) is 5.69 Å². The molecule has 1 heterocycles. The molecule has 0 radical (unpaired) electrons. The lowest BCUT2D eigenvalue weighted by atomic mass is 10.2. The van der Waals surface area contributed by atoms with Gasteiger partial charge in [0, 0.05) is 25.4 Å². The van der Waals surface area contributed by atoms with Crippen LogP contribution in [-0.4, -0.2) is 17.9 Å². The van der Waals surface area contributed by atoms with E-state index in [1.807, 2.05) is 41.1 Å². The number of amides is 1. The molecule has 0 unspecified atom stereocenters. The monoisotopic (exact) mass is 272 g/mol. The van der Waals surface area contributed by atoms with Crippen LogP contribution in [0.25, 0.3) is 6.08 Å². The summed E-state index contributed by atoms with van der Waals surface area (Å²) in [7, 11) is 1.80. The Labute approximate surface area is 117 Å². The van der Waals surface area contributed by atoms with Crippen LogP contribution in [0.3, 0.4) is 0 Å². The van der Waals surface area contributed by atoms with Gasteiger partial charge in [0.1, 0.15) is 0 Å². The Balaban J connectivity index is 1.94. The molecule has 0 atom stereocenters. The van der Waals surface area contributed by atoms with Crippen molar-refractivity contribution in [3.63, 3.8) is 0 Å². The van der Waals surface area contributed by atoms with Crippen molar-refractivity contribution in [2.75, 3.05) is 12.8 Å². The first-order valence-corrected chi connectivity index (χ1v) is 6.89. The van der Waals surface area contributed by atoms with Crippen LogP contribution in [0.2, 0.25) is 0 Å². The van der Waals surface area contributed by atoms with Crippen molar-refractivity contribution in [2.45, 2.75) is 6.54 Å². The molecule has 19 heavy (non-hydrogen) atoms. The van der Waals surface area contributed by atoms with Crippen LogP contribution >= 0.6 is 11.3 Å². The van der Waals surface area contributed by atoms with Gasteiger partial charge in [-0.1, -0.05) is 12.1 Å². The second-order valence-electron chi connectivity index (χ2n) is 4.33. The summed E-state index contributed by atoms with van der Waals surface area (Å²) in [4.78, 5) is 13.6. The van der Waals surface area contributed by atoms with Crippen LogP contribution in [-0.2, 0) is 11.3 Å². The third kappa shape index (κ3) is 3.96. The van der Waals surface area contributed by atoms with Crippen LogP contribution < -0.4 is 5.73 Å². The van der Waals surface area contributed by atoms with Gasteiger partial charge in [0.05, 0.1) is 0 Å². The summed E-state index contributed by atoms with van der Waals surface area (Å²) in [6.45, 7) is 0.633. The van der Waals surface area contributed by atoms with E-state index in [4.69, 9.17) is 5.73 Å². The molecule has 0 aliphatic heterocycles. The number of carbonyl (C=O) groups is 1. The molecule has 1 aromatic carbocycles. The van der Waals surface area contributed by atoms with E-state index in [0.29, 0.717) is 6.54 Å². The first-order valence-electron chi connectivity index (χ1n) is 5.95. The van der Waals surface area contributed by atoms with Gasteiger partial charge in [-0.2, -0.15) is 11.3 Å². The molecule has 0 saturated carbocycles. The molecule has 1 amide bonds. The summed E-state index contributed by atoms with van der Waals surface area (Å²) >= 11 is 1.64. The number of likely N-dealkylation sites (N-methyl/N-ethyl adjacent to an activating group) is 1. The molecule has 0 aliphatic rings. The van der Waals surface area contributed by atoms with Crippen molar-refractivity contribution >= 4 is 29.0 Å². The van der Waals surface area contributed by atoms with Gasteiger partial charge in [-0.25, -0.2) is 0 Å². The Morgan fingerprint density at radius 3 is 2.68 bits per heavy atom. The van der Waals surface area contributed by atoms with Gasteiger partial charge in [0.15, 0.2) is 0 Å². The number of nitrogens with two attached hydrogens (primary N) is 1. The molecule has 0 bridgehead atoms. The number of benzene rings is 1. The number of hydrogen-bond donors (Lipinski definition) is 1. The zero-order valence-electron chi connectivity index (χ0n) is 10.7. The van der Waals surface area contributed by atoms with Crippen molar-refractivity contribution in [2.24, 2.45) is 0 Å². The maximum absolute atomic E-state index is 11.9. The minimum atomic E-state index is -0.0111. The van der Waals surface area contributed by atoms with Crippen molar-refractivity contribution in [1.82, 2.24) is 4.90 Å². The highest BCUT2D eigenvalue weighted by atomic mass is 32.1. The predicted octanol–water partition coefficient (Wildman–Crippen LogP) is 3.00. The van der Waals surface area contributed by atoms with Crippen LogP contribution in [0.5, 0.6) is 0 Å². The van der Waals surface area contributed by atoms with Crippen LogP contribution in [0.15, 0.2) is 47.2 Å². The highest BCUT2D eigenvalue weighted by molar-refractivity contribution is 7.07. The fraction of sp³-hybridized carbons (Fsp3) is 0.133. The average molecular weight is 272 g/mol. The highest BCUT2D eigenvalue weighted by Crippen LogP contribution is 2.10. The Hall–Kier alpha value is -2.07. The summed E-state index contributed by atoms with van der Waals surface area (Å²) < 4.78 is 0. The average Bonchev–Trinajstić information content (AvgIpc) is 2.90. The number of anilines is 1. The zero-order chi connectivity index (χ0) is 13.7. The SMILES string of the molecule is CN(Cc1ccsc1)C(=O)/C=C/c1ccc(N)cc1. The standard InChI is InChI=1S/C15H16N2OS/c1-17(10-13-8-9-19-11-13)15(18)7-4-12-2-5-14(16)6-3-12/h2-9,11H,10,16H2,1H3/b7-4+. The molecular weight excluding hydrogens is 256 g/mol. The maximum atomic E-state index is 11.9. The number of nitrogen functional groups attached to an aromatic ring is 1. The summed E-state index contributed by atoms with van der Waals surface area (Å²) in [6, 6.07) is 9.44. The van der Waals surface area contributed by atoms with E-state index in [1.165, 1.54) is 0 Å². The van der Waals surface area contributed by atoms with E-state index >= 15 is 0 Å². The lowest BCUT2D eigenvalue weighted by molar-refractivity contribution is -0.125.